The van der Waals surface area contributed by atoms with Crippen molar-refractivity contribution in [1.29, 1.82) is 5.26 Å². The highest BCUT2D eigenvalue weighted by Gasteiger charge is 2.08. The van der Waals surface area contributed by atoms with E-state index in [0.717, 1.165) is 5.56 Å². The van der Waals surface area contributed by atoms with Crippen LogP contribution in [-0.2, 0) is 0 Å². The van der Waals surface area contributed by atoms with Crippen LogP contribution < -0.4 is 0 Å². The van der Waals surface area contributed by atoms with Crippen LogP contribution in [0.1, 0.15) is 21.5 Å². The molecule has 0 saturated carbocycles. The highest BCUT2D eigenvalue weighted by atomic mass is 16.1. The first-order valence-corrected chi connectivity index (χ1v) is 4.62. The third-order valence-corrected chi connectivity index (χ3v) is 2.25. The number of hydrogen-bond acceptors (Lipinski definition) is 4. The largest absolute Gasteiger partial charge is 0.298 e. The lowest BCUT2D eigenvalue weighted by Crippen LogP contribution is -2.02. The number of carbonyl (C=O) groups is 1. The van der Waals surface area contributed by atoms with Gasteiger partial charge in [-0.15, -0.1) is 0 Å². The fourth-order valence-corrected chi connectivity index (χ4v) is 1.39. The highest BCUT2D eigenvalue weighted by Crippen LogP contribution is 2.14. The molecule has 2 aromatic rings. The Kier molecular flexibility index (Phi) is 2.48. The van der Waals surface area contributed by atoms with E-state index >= 15 is 0 Å². The van der Waals surface area contributed by atoms with E-state index in [-0.39, 0.29) is 0 Å². The van der Waals surface area contributed by atoms with Gasteiger partial charge in [-0.25, -0.2) is 9.67 Å². The second-order valence-electron chi connectivity index (χ2n) is 3.26. The van der Waals surface area contributed by atoms with Gasteiger partial charge in [-0.05, 0) is 13.0 Å². The Balaban J connectivity index is 2.56. The maximum absolute atomic E-state index is 10.5. The summed E-state index contributed by atoms with van der Waals surface area (Å²) in [5.41, 5.74) is 1.77. The summed E-state index contributed by atoms with van der Waals surface area (Å²) in [5.74, 6) is 0.562. The second-order valence-corrected chi connectivity index (χ2v) is 3.26. The van der Waals surface area contributed by atoms with Crippen LogP contribution in [0.4, 0.5) is 0 Å². The molecule has 0 aromatic carbocycles. The first-order valence-electron chi connectivity index (χ1n) is 4.62. The van der Waals surface area contributed by atoms with Crippen LogP contribution in [0.2, 0.25) is 0 Å². The zero-order valence-electron chi connectivity index (χ0n) is 8.58. The summed E-state index contributed by atoms with van der Waals surface area (Å²) in [7, 11) is 0. The maximum Gasteiger partial charge on any atom is 0.157 e. The summed E-state index contributed by atoms with van der Waals surface area (Å²) in [6.45, 7) is 1.79. The SMILES string of the molecule is Cc1c(C#N)ccnc1-n1cc(C=O)cn1. The van der Waals surface area contributed by atoms with Crippen molar-refractivity contribution in [3.63, 3.8) is 0 Å². The molecule has 0 amide bonds. The topological polar surface area (TPSA) is 71.6 Å². The molecular weight excluding hydrogens is 204 g/mol. The van der Waals surface area contributed by atoms with Gasteiger partial charge in [0.25, 0.3) is 0 Å². The number of nitrogens with zero attached hydrogens (tertiary/aromatic N) is 4. The van der Waals surface area contributed by atoms with Gasteiger partial charge in [-0.3, -0.25) is 4.79 Å². The molecule has 0 bridgehead atoms. The molecule has 0 spiro atoms. The highest BCUT2D eigenvalue weighted by molar-refractivity contribution is 5.73. The molecule has 0 fully saturated rings. The third-order valence-electron chi connectivity index (χ3n) is 2.25. The standard InChI is InChI=1S/C11H8N4O/c1-8-10(4-12)2-3-13-11(8)15-6-9(7-16)5-14-15/h2-3,5-7H,1H3. The molecule has 78 valence electrons. The summed E-state index contributed by atoms with van der Waals surface area (Å²) >= 11 is 0. The van der Waals surface area contributed by atoms with E-state index in [1.54, 1.807) is 25.4 Å². The van der Waals surface area contributed by atoms with E-state index in [0.29, 0.717) is 23.2 Å². The third kappa shape index (κ3) is 1.57. The van der Waals surface area contributed by atoms with Gasteiger partial charge in [0.2, 0.25) is 0 Å². The number of hydrogen-bond donors (Lipinski definition) is 0. The summed E-state index contributed by atoms with van der Waals surface area (Å²) in [6.07, 6.45) is 5.28. The van der Waals surface area contributed by atoms with Gasteiger partial charge in [0.05, 0.1) is 23.4 Å². The van der Waals surface area contributed by atoms with Crippen LogP contribution in [0, 0.1) is 18.3 Å². The Hall–Kier alpha value is -2.48. The van der Waals surface area contributed by atoms with E-state index in [2.05, 4.69) is 16.2 Å². The Morgan fingerprint density at radius 3 is 3.00 bits per heavy atom. The minimum atomic E-state index is 0.476. The lowest BCUT2D eigenvalue weighted by atomic mass is 10.1. The van der Waals surface area contributed by atoms with Crippen molar-refractivity contribution in [2.75, 3.05) is 0 Å². The zero-order valence-corrected chi connectivity index (χ0v) is 8.58. The monoisotopic (exact) mass is 212 g/mol. The molecule has 0 atom stereocenters. The van der Waals surface area contributed by atoms with Crippen molar-refractivity contribution < 1.29 is 4.79 Å². The van der Waals surface area contributed by atoms with Gasteiger partial charge in [0, 0.05) is 18.0 Å². The smallest absolute Gasteiger partial charge is 0.157 e. The molecule has 2 aromatic heterocycles. The Bertz CT molecular complexity index is 580. The van der Waals surface area contributed by atoms with Crippen LogP contribution >= 0.6 is 0 Å². The normalized spacial score (nSPS) is 9.75. The number of aldehydes is 1. The molecule has 0 aliphatic carbocycles. The van der Waals surface area contributed by atoms with Gasteiger partial charge in [-0.1, -0.05) is 0 Å². The van der Waals surface area contributed by atoms with Crippen molar-refractivity contribution in [2.45, 2.75) is 6.92 Å². The molecule has 5 nitrogen and oxygen atoms in total. The molecule has 0 aliphatic rings. The van der Waals surface area contributed by atoms with Crippen LogP contribution in [0.3, 0.4) is 0 Å². The number of pyridine rings is 1. The minimum Gasteiger partial charge on any atom is -0.298 e. The van der Waals surface area contributed by atoms with Gasteiger partial charge >= 0.3 is 0 Å². The van der Waals surface area contributed by atoms with Crippen molar-refractivity contribution in [1.82, 2.24) is 14.8 Å². The molecule has 0 unspecified atom stereocenters. The molecule has 0 saturated heterocycles. The summed E-state index contributed by atoms with van der Waals surface area (Å²) in [5, 5.41) is 12.9. The predicted octanol–water partition coefficient (Wildman–Crippen LogP) is 1.26. The average Bonchev–Trinajstić information content (AvgIpc) is 2.78. The van der Waals surface area contributed by atoms with Gasteiger partial charge in [0.1, 0.15) is 0 Å². The molecule has 0 aliphatic heterocycles. The first-order chi connectivity index (χ1) is 7.76. The number of nitriles is 1. The maximum atomic E-state index is 10.5. The fourth-order valence-electron chi connectivity index (χ4n) is 1.39. The molecular formula is C11H8N4O. The Labute approximate surface area is 92.0 Å². The minimum absolute atomic E-state index is 0.476. The number of aromatic nitrogens is 3. The van der Waals surface area contributed by atoms with E-state index in [4.69, 9.17) is 5.26 Å². The van der Waals surface area contributed by atoms with Crippen molar-refractivity contribution >= 4 is 6.29 Å². The Morgan fingerprint density at radius 2 is 2.38 bits per heavy atom. The van der Waals surface area contributed by atoms with Crippen molar-refractivity contribution in [2.24, 2.45) is 0 Å². The summed E-state index contributed by atoms with van der Waals surface area (Å²) in [6, 6.07) is 3.72. The molecule has 2 heterocycles. The molecule has 16 heavy (non-hydrogen) atoms. The fraction of sp³-hybridized carbons (Fsp3) is 0.0909. The lowest BCUT2D eigenvalue weighted by Gasteiger charge is -2.04. The van der Waals surface area contributed by atoms with E-state index in [9.17, 15) is 4.79 Å². The number of rotatable bonds is 2. The molecule has 0 N–H and O–H groups in total. The van der Waals surface area contributed by atoms with E-state index in [1.165, 1.54) is 10.9 Å². The van der Waals surface area contributed by atoms with Gasteiger partial charge in [0.15, 0.2) is 12.1 Å². The molecule has 5 heteroatoms. The summed E-state index contributed by atoms with van der Waals surface area (Å²) < 4.78 is 1.49. The van der Waals surface area contributed by atoms with Crippen molar-refractivity contribution in [3.8, 4) is 11.9 Å². The molecule has 0 radical (unpaired) electrons. The average molecular weight is 212 g/mol. The van der Waals surface area contributed by atoms with Crippen molar-refractivity contribution in [3.05, 3.63) is 41.3 Å². The van der Waals surface area contributed by atoms with Gasteiger partial charge in [-0.2, -0.15) is 10.4 Å². The zero-order chi connectivity index (χ0) is 11.5. The van der Waals surface area contributed by atoms with E-state index in [1.807, 2.05) is 0 Å². The Morgan fingerprint density at radius 1 is 1.56 bits per heavy atom. The number of carbonyl (C=O) groups excluding carboxylic acids is 1. The lowest BCUT2D eigenvalue weighted by molar-refractivity contribution is 0.112. The first kappa shape index (κ1) is 10.1. The van der Waals surface area contributed by atoms with E-state index < -0.39 is 0 Å². The van der Waals surface area contributed by atoms with Crippen LogP contribution in [0.15, 0.2) is 24.7 Å². The quantitative estimate of drug-likeness (QED) is 0.702. The molecule has 2 rings (SSSR count). The predicted molar refractivity (Wildman–Crippen MR) is 56.2 cm³/mol. The van der Waals surface area contributed by atoms with Crippen LogP contribution in [0.5, 0.6) is 0 Å². The summed E-state index contributed by atoms with van der Waals surface area (Å²) in [4.78, 5) is 14.7. The van der Waals surface area contributed by atoms with Crippen LogP contribution in [-0.4, -0.2) is 21.1 Å². The van der Waals surface area contributed by atoms with Crippen LogP contribution in [0.25, 0.3) is 5.82 Å². The second kappa shape index (κ2) is 3.95. The van der Waals surface area contributed by atoms with Gasteiger partial charge < -0.3 is 0 Å².